The van der Waals surface area contributed by atoms with Crippen LogP contribution in [0, 0.1) is 6.92 Å². The second-order valence-electron chi connectivity index (χ2n) is 4.86. The van der Waals surface area contributed by atoms with Crippen LogP contribution in [0.15, 0.2) is 28.7 Å². The van der Waals surface area contributed by atoms with E-state index in [4.69, 9.17) is 10.3 Å². The van der Waals surface area contributed by atoms with Gasteiger partial charge in [0.05, 0.1) is 6.04 Å². The Morgan fingerprint density at radius 3 is 2.83 bits per heavy atom. The van der Waals surface area contributed by atoms with Crippen molar-refractivity contribution in [2.24, 2.45) is 5.84 Å². The van der Waals surface area contributed by atoms with E-state index in [9.17, 15) is 0 Å². The minimum Gasteiger partial charge on any atom is -0.459 e. The van der Waals surface area contributed by atoms with Gasteiger partial charge in [0.1, 0.15) is 11.3 Å². The van der Waals surface area contributed by atoms with E-state index in [1.165, 1.54) is 24.8 Å². The van der Waals surface area contributed by atoms with Gasteiger partial charge in [0.15, 0.2) is 0 Å². The summed E-state index contributed by atoms with van der Waals surface area (Å²) in [5.74, 6) is 6.58. The van der Waals surface area contributed by atoms with Crippen LogP contribution in [0.1, 0.15) is 50.0 Å². The summed E-state index contributed by atoms with van der Waals surface area (Å²) in [5, 5.41) is 1.15. The zero-order valence-electron chi connectivity index (χ0n) is 11.2. The molecule has 2 aromatic rings. The molecule has 0 aliphatic heterocycles. The lowest BCUT2D eigenvalue weighted by Crippen LogP contribution is -2.27. The molecule has 1 aromatic heterocycles. The molecular weight excluding hydrogens is 224 g/mol. The van der Waals surface area contributed by atoms with Crippen LogP contribution < -0.4 is 11.3 Å². The summed E-state index contributed by atoms with van der Waals surface area (Å²) in [6.07, 6.45) is 4.64. The first-order valence-corrected chi connectivity index (χ1v) is 6.71. The van der Waals surface area contributed by atoms with Gasteiger partial charge in [-0.3, -0.25) is 5.84 Å². The molecule has 0 saturated heterocycles. The number of para-hydroxylation sites is 1. The Morgan fingerprint density at radius 2 is 2.17 bits per heavy atom. The SMILES string of the molecule is CCCCCC(NN)c1cc2cccc(C)c2o1. The molecule has 3 heteroatoms. The van der Waals surface area contributed by atoms with Crippen molar-refractivity contribution >= 4 is 11.0 Å². The smallest absolute Gasteiger partial charge is 0.137 e. The van der Waals surface area contributed by atoms with Crippen LogP contribution in [0.2, 0.25) is 0 Å². The number of hydrogen-bond donors (Lipinski definition) is 2. The number of nitrogens with one attached hydrogen (secondary N) is 1. The molecule has 3 N–H and O–H groups in total. The molecule has 2 rings (SSSR count). The number of unbranched alkanes of at least 4 members (excludes halogenated alkanes) is 2. The molecule has 0 aliphatic rings. The number of hydrazine groups is 1. The first-order valence-electron chi connectivity index (χ1n) is 6.71. The Morgan fingerprint density at radius 1 is 1.33 bits per heavy atom. The van der Waals surface area contributed by atoms with E-state index < -0.39 is 0 Å². The van der Waals surface area contributed by atoms with E-state index in [-0.39, 0.29) is 6.04 Å². The van der Waals surface area contributed by atoms with Crippen LogP contribution in [0.3, 0.4) is 0 Å². The van der Waals surface area contributed by atoms with Crippen LogP contribution in [0.4, 0.5) is 0 Å². The topological polar surface area (TPSA) is 51.2 Å². The van der Waals surface area contributed by atoms with Crippen molar-refractivity contribution in [1.82, 2.24) is 5.43 Å². The maximum absolute atomic E-state index is 5.94. The maximum Gasteiger partial charge on any atom is 0.137 e. The molecule has 1 atom stereocenters. The van der Waals surface area contributed by atoms with E-state index in [2.05, 4.69) is 43.5 Å². The molecule has 0 aliphatic carbocycles. The molecule has 1 aromatic carbocycles. The highest BCUT2D eigenvalue weighted by Gasteiger charge is 2.15. The van der Waals surface area contributed by atoms with Gasteiger partial charge in [-0.1, -0.05) is 44.4 Å². The minimum absolute atomic E-state index is 0.114. The fourth-order valence-electron chi connectivity index (χ4n) is 2.31. The van der Waals surface area contributed by atoms with E-state index in [0.29, 0.717) is 0 Å². The number of aryl methyl sites for hydroxylation is 1. The average molecular weight is 246 g/mol. The zero-order chi connectivity index (χ0) is 13.0. The quantitative estimate of drug-likeness (QED) is 0.463. The number of benzene rings is 1. The number of rotatable bonds is 6. The molecule has 98 valence electrons. The van der Waals surface area contributed by atoms with Gasteiger partial charge in [-0.15, -0.1) is 0 Å². The van der Waals surface area contributed by atoms with Crippen molar-refractivity contribution in [3.63, 3.8) is 0 Å². The first kappa shape index (κ1) is 13.1. The van der Waals surface area contributed by atoms with Gasteiger partial charge in [-0.2, -0.15) is 0 Å². The van der Waals surface area contributed by atoms with Crippen LogP contribution in [-0.4, -0.2) is 0 Å². The highest BCUT2D eigenvalue weighted by atomic mass is 16.3. The first-order chi connectivity index (χ1) is 8.76. The van der Waals surface area contributed by atoms with Crippen molar-refractivity contribution in [3.05, 3.63) is 35.6 Å². The molecule has 1 unspecified atom stereocenters. The van der Waals surface area contributed by atoms with Gasteiger partial charge in [-0.25, -0.2) is 5.43 Å². The predicted octanol–water partition coefficient (Wildman–Crippen LogP) is 3.83. The standard InChI is InChI=1S/C15H22N2O/c1-3-4-5-9-13(17-16)14-10-12-8-6-7-11(2)15(12)18-14/h6-8,10,13,17H,3-5,9,16H2,1-2H3. The van der Waals surface area contributed by atoms with Crippen LogP contribution >= 0.6 is 0 Å². The van der Waals surface area contributed by atoms with Crippen molar-refractivity contribution in [3.8, 4) is 0 Å². The van der Waals surface area contributed by atoms with Crippen LogP contribution in [-0.2, 0) is 0 Å². The van der Waals surface area contributed by atoms with Gasteiger partial charge in [0, 0.05) is 5.39 Å². The van der Waals surface area contributed by atoms with Crippen LogP contribution in [0.25, 0.3) is 11.0 Å². The lowest BCUT2D eigenvalue weighted by atomic mass is 10.1. The number of nitrogens with two attached hydrogens (primary N) is 1. The van der Waals surface area contributed by atoms with Crippen molar-refractivity contribution in [2.45, 2.75) is 45.6 Å². The maximum atomic E-state index is 5.94. The molecular formula is C15H22N2O. The van der Waals surface area contributed by atoms with Gasteiger partial charge >= 0.3 is 0 Å². The summed E-state index contributed by atoms with van der Waals surface area (Å²) < 4.78 is 5.94. The molecule has 0 amide bonds. The van der Waals surface area contributed by atoms with Crippen molar-refractivity contribution < 1.29 is 4.42 Å². The largest absolute Gasteiger partial charge is 0.459 e. The van der Waals surface area contributed by atoms with Gasteiger partial charge in [-0.05, 0) is 25.0 Å². The minimum atomic E-state index is 0.114. The summed E-state index contributed by atoms with van der Waals surface area (Å²) in [6, 6.07) is 8.41. The average Bonchev–Trinajstić information content (AvgIpc) is 2.80. The third kappa shape index (κ3) is 2.74. The normalized spacial score (nSPS) is 13.1. The molecule has 3 nitrogen and oxygen atoms in total. The Balaban J connectivity index is 2.20. The van der Waals surface area contributed by atoms with Gasteiger partial charge in [0.2, 0.25) is 0 Å². The lowest BCUT2D eigenvalue weighted by Gasteiger charge is -2.12. The summed E-state index contributed by atoms with van der Waals surface area (Å²) in [5.41, 5.74) is 5.01. The van der Waals surface area contributed by atoms with E-state index in [1.54, 1.807) is 0 Å². The number of hydrogen-bond acceptors (Lipinski definition) is 3. The van der Waals surface area contributed by atoms with Crippen LogP contribution in [0.5, 0.6) is 0 Å². The van der Waals surface area contributed by atoms with E-state index >= 15 is 0 Å². The van der Waals surface area contributed by atoms with Gasteiger partial charge < -0.3 is 4.42 Å². The monoisotopic (exact) mass is 246 g/mol. The summed E-state index contributed by atoms with van der Waals surface area (Å²) in [7, 11) is 0. The molecule has 0 bridgehead atoms. The third-order valence-electron chi connectivity index (χ3n) is 3.40. The Bertz CT molecular complexity index is 504. The fraction of sp³-hybridized carbons (Fsp3) is 0.467. The third-order valence-corrected chi connectivity index (χ3v) is 3.40. The Kier molecular flexibility index (Phi) is 4.39. The predicted molar refractivity (Wildman–Crippen MR) is 75.2 cm³/mol. The molecule has 0 radical (unpaired) electrons. The summed E-state index contributed by atoms with van der Waals surface area (Å²) in [4.78, 5) is 0. The van der Waals surface area contributed by atoms with Crippen molar-refractivity contribution in [2.75, 3.05) is 0 Å². The molecule has 0 spiro atoms. The molecule has 18 heavy (non-hydrogen) atoms. The zero-order valence-corrected chi connectivity index (χ0v) is 11.2. The fourth-order valence-corrected chi connectivity index (χ4v) is 2.31. The number of fused-ring (bicyclic) bond motifs is 1. The Labute approximate surface area is 108 Å². The van der Waals surface area contributed by atoms with Gasteiger partial charge in [0.25, 0.3) is 0 Å². The second kappa shape index (κ2) is 6.03. The number of furan rings is 1. The lowest BCUT2D eigenvalue weighted by molar-refractivity contribution is 0.404. The highest BCUT2D eigenvalue weighted by molar-refractivity contribution is 5.80. The molecule has 0 fully saturated rings. The molecule has 0 saturated carbocycles. The van der Waals surface area contributed by atoms with E-state index in [1.807, 2.05) is 0 Å². The van der Waals surface area contributed by atoms with Crippen molar-refractivity contribution in [1.29, 1.82) is 0 Å². The Hall–Kier alpha value is -1.32. The second-order valence-corrected chi connectivity index (χ2v) is 4.86. The highest BCUT2D eigenvalue weighted by Crippen LogP contribution is 2.28. The summed E-state index contributed by atoms with van der Waals surface area (Å²) >= 11 is 0. The summed E-state index contributed by atoms with van der Waals surface area (Å²) in [6.45, 7) is 4.27. The van der Waals surface area contributed by atoms with E-state index in [0.717, 1.165) is 23.2 Å². The molecule has 1 heterocycles.